The van der Waals surface area contributed by atoms with Crippen LogP contribution in [0.25, 0.3) is 0 Å². The minimum atomic E-state index is 0.654. The molecule has 20 heavy (non-hydrogen) atoms. The van der Waals surface area contributed by atoms with Gasteiger partial charge in [0.05, 0.1) is 0 Å². The number of rotatable bonds is 9. The van der Waals surface area contributed by atoms with E-state index in [1.54, 1.807) is 0 Å². The zero-order valence-electron chi connectivity index (χ0n) is 14.0. The molecule has 0 saturated heterocycles. The number of nitrogens with one attached hydrogen (secondary N) is 1. The second kappa shape index (κ2) is 9.02. The zero-order valence-corrected chi connectivity index (χ0v) is 14.0. The van der Waals surface area contributed by atoms with Crippen LogP contribution in [0, 0.1) is 13.8 Å². The summed E-state index contributed by atoms with van der Waals surface area (Å²) in [5.74, 6) is 0. The molecule has 1 rings (SSSR count). The van der Waals surface area contributed by atoms with E-state index < -0.39 is 0 Å². The minimum Gasteiger partial charge on any atom is -0.374 e. The highest BCUT2D eigenvalue weighted by atomic mass is 15.1. The van der Waals surface area contributed by atoms with E-state index in [1.807, 2.05) is 0 Å². The second-order valence-electron chi connectivity index (χ2n) is 6.06. The van der Waals surface area contributed by atoms with E-state index in [0.717, 1.165) is 13.1 Å². The van der Waals surface area contributed by atoms with Crippen LogP contribution in [-0.2, 0) is 0 Å². The van der Waals surface area contributed by atoms with Gasteiger partial charge in [0.15, 0.2) is 0 Å². The molecule has 0 aliphatic rings. The topological polar surface area (TPSA) is 15.3 Å². The largest absolute Gasteiger partial charge is 0.374 e. The maximum atomic E-state index is 3.55. The fourth-order valence-corrected chi connectivity index (χ4v) is 2.65. The van der Waals surface area contributed by atoms with Gasteiger partial charge in [-0.15, -0.1) is 0 Å². The van der Waals surface area contributed by atoms with Crippen molar-refractivity contribution in [3.63, 3.8) is 0 Å². The predicted molar refractivity (Wildman–Crippen MR) is 90.8 cm³/mol. The van der Waals surface area contributed by atoms with Crippen LogP contribution < -0.4 is 10.2 Å². The van der Waals surface area contributed by atoms with Crippen molar-refractivity contribution in [2.45, 2.75) is 59.4 Å². The summed E-state index contributed by atoms with van der Waals surface area (Å²) < 4.78 is 0. The Kier molecular flexibility index (Phi) is 7.68. The lowest BCUT2D eigenvalue weighted by molar-refractivity contribution is 0.490. The summed E-state index contributed by atoms with van der Waals surface area (Å²) in [7, 11) is 2.20. The Hall–Kier alpha value is -1.02. The SMILES string of the molecule is CCCNC(C)CCCCN(C)c1ccc(C)cc1C. The van der Waals surface area contributed by atoms with Crippen molar-refractivity contribution < 1.29 is 0 Å². The average Bonchev–Trinajstić information content (AvgIpc) is 2.41. The Bertz CT molecular complexity index is 387. The highest BCUT2D eigenvalue weighted by molar-refractivity contribution is 5.53. The quantitative estimate of drug-likeness (QED) is 0.677. The van der Waals surface area contributed by atoms with E-state index in [4.69, 9.17) is 0 Å². The maximum Gasteiger partial charge on any atom is 0.0393 e. The first-order chi connectivity index (χ1) is 9.54. The number of aryl methyl sites for hydroxylation is 2. The highest BCUT2D eigenvalue weighted by Crippen LogP contribution is 2.20. The van der Waals surface area contributed by atoms with Crippen LogP contribution in [0.3, 0.4) is 0 Å². The molecule has 0 spiro atoms. The van der Waals surface area contributed by atoms with E-state index in [2.05, 4.69) is 63.2 Å². The smallest absolute Gasteiger partial charge is 0.0393 e. The van der Waals surface area contributed by atoms with Gasteiger partial charge in [-0.25, -0.2) is 0 Å². The maximum absolute atomic E-state index is 3.55. The van der Waals surface area contributed by atoms with Gasteiger partial charge in [0, 0.05) is 25.3 Å². The lowest BCUT2D eigenvalue weighted by atomic mass is 10.1. The van der Waals surface area contributed by atoms with E-state index in [0.29, 0.717) is 6.04 Å². The Balaban J connectivity index is 2.27. The van der Waals surface area contributed by atoms with E-state index in [-0.39, 0.29) is 0 Å². The van der Waals surface area contributed by atoms with E-state index in [1.165, 1.54) is 42.5 Å². The molecule has 0 heterocycles. The first-order valence-electron chi connectivity index (χ1n) is 8.06. The molecule has 0 aliphatic carbocycles. The predicted octanol–water partition coefficient (Wildman–Crippen LogP) is 4.30. The third-order valence-corrected chi connectivity index (χ3v) is 3.89. The third-order valence-electron chi connectivity index (χ3n) is 3.89. The molecule has 0 amide bonds. The molecule has 1 atom stereocenters. The number of hydrogen-bond acceptors (Lipinski definition) is 2. The molecule has 0 aromatic heterocycles. The Morgan fingerprint density at radius 1 is 1.20 bits per heavy atom. The molecule has 0 fully saturated rings. The fourth-order valence-electron chi connectivity index (χ4n) is 2.65. The van der Waals surface area contributed by atoms with Gasteiger partial charge in [0.25, 0.3) is 0 Å². The van der Waals surface area contributed by atoms with Crippen molar-refractivity contribution >= 4 is 5.69 Å². The molecule has 2 nitrogen and oxygen atoms in total. The monoisotopic (exact) mass is 276 g/mol. The number of nitrogens with zero attached hydrogens (tertiary/aromatic N) is 1. The first kappa shape index (κ1) is 17.0. The number of unbranched alkanes of at least 4 members (excludes halogenated alkanes) is 1. The van der Waals surface area contributed by atoms with Crippen LogP contribution in [0.1, 0.15) is 50.7 Å². The van der Waals surface area contributed by atoms with Crippen LogP contribution >= 0.6 is 0 Å². The lowest BCUT2D eigenvalue weighted by Gasteiger charge is -2.22. The molecular formula is C18H32N2. The number of benzene rings is 1. The van der Waals surface area contributed by atoms with Crippen LogP contribution in [0.4, 0.5) is 5.69 Å². The van der Waals surface area contributed by atoms with Gasteiger partial charge in [-0.1, -0.05) is 31.0 Å². The fraction of sp³-hybridized carbons (Fsp3) is 0.667. The van der Waals surface area contributed by atoms with Crippen molar-refractivity contribution in [1.82, 2.24) is 5.32 Å². The summed E-state index contributed by atoms with van der Waals surface area (Å²) in [4.78, 5) is 2.39. The first-order valence-corrected chi connectivity index (χ1v) is 8.06. The Labute approximate surface area is 125 Å². The summed E-state index contributed by atoms with van der Waals surface area (Å²) in [5.41, 5.74) is 4.09. The molecule has 0 bridgehead atoms. The van der Waals surface area contributed by atoms with E-state index in [9.17, 15) is 0 Å². The van der Waals surface area contributed by atoms with Crippen LogP contribution in [-0.4, -0.2) is 26.2 Å². The molecular weight excluding hydrogens is 244 g/mol. The van der Waals surface area contributed by atoms with Crippen molar-refractivity contribution in [3.05, 3.63) is 29.3 Å². The normalized spacial score (nSPS) is 12.4. The summed E-state index contributed by atoms with van der Waals surface area (Å²) in [5, 5.41) is 3.55. The van der Waals surface area contributed by atoms with Crippen LogP contribution in [0.15, 0.2) is 18.2 Å². The molecule has 0 radical (unpaired) electrons. The van der Waals surface area contributed by atoms with Gasteiger partial charge in [0.2, 0.25) is 0 Å². The van der Waals surface area contributed by atoms with Crippen molar-refractivity contribution in [2.75, 3.05) is 25.0 Å². The molecule has 1 aromatic rings. The number of anilines is 1. The summed E-state index contributed by atoms with van der Waals surface area (Å²) in [6.07, 6.45) is 5.07. The van der Waals surface area contributed by atoms with Crippen molar-refractivity contribution in [1.29, 1.82) is 0 Å². The summed E-state index contributed by atoms with van der Waals surface area (Å²) in [6.45, 7) is 11.2. The summed E-state index contributed by atoms with van der Waals surface area (Å²) in [6, 6.07) is 7.37. The number of hydrogen-bond donors (Lipinski definition) is 1. The minimum absolute atomic E-state index is 0.654. The molecule has 114 valence electrons. The average molecular weight is 276 g/mol. The van der Waals surface area contributed by atoms with Crippen LogP contribution in [0.2, 0.25) is 0 Å². The molecule has 1 N–H and O–H groups in total. The standard InChI is InChI=1S/C18H32N2/c1-6-12-19-17(4)9-7-8-13-20(5)18-11-10-15(2)14-16(18)3/h10-11,14,17,19H,6-9,12-13H2,1-5H3. The van der Waals surface area contributed by atoms with Gasteiger partial charge < -0.3 is 10.2 Å². The van der Waals surface area contributed by atoms with Gasteiger partial charge in [-0.3, -0.25) is 0 Å². The zero-order chi connectivity index (χ0) is 15.0. The Morgan fingerprint density at radius 2 is 1.95 bits per heavy atom. The molecule has 0 saturated carbocycles. The molecule has 0 aliphatic heterocycles. The summed E-state index contributed by atoms with van der Waals surface area (Å²) >= 11 is 0. The lowest BCUT2D eigenvalue weighted by Crippen LogP contribution is -2.27. The molecule has 1 aromatic carbocycles. The Morgan fingerprint density at radius 3 is 2.60 bits per heavy atom. The second-order valence-corrected chi connectivity index (χ2v) is 6.06. The highest BCUT2D eigenvalue weighted by Gasteiger charge is 2.05. The molecule has 1 unspecified atom stereocenters. The van der Waals surface area contributed by atoms with E-state index >= 15 is 0 Å². The van der Waals surface area contributed by atoms with Crippen LogP contribution in [0.5, 0.6) is 0 Å². The third kappa shape index (κ3) is 5.96. The van der Waals surface area contributed by atoms with Crippen molar-refractivity contribution in [3.8, 4) is 0 Å². The molecule has 2 heteroatoms. The van der Waals surface area contributed by atoms with Crippen molar-refractivity contribution in [2.24, 2.45) is 0 Å². The van der Waals surface area contributed by atoms with Gasteiger partial charge >= 0.3 is 0 Å². The van der Waals surface area contributed by atoms with Gasteiger partial charge in [-0.2, -0.15) is 0 Å². The van der Waals surface area contributed by atoms with Gasteiger partial charge in [0.1, 0.15) is 0 Å². The van der Waals surface area contributed by atoms with Gasteiger partial charge in [-0.05, 0) is 58.2 Å².